The molecule has 2 rings (SSSR count). The fraction of sp³-hybridized carbons (Fsp3) is 0.385. The van der Waals surface area contributed by atoms with E-state index in [4.69, 9.17) is 9.47 Å². The molecule has 1 unspecified atom stereocenters. The van der Waals surface area contributed by atoms with Gasteiger partial charge in [-0.15, -0.1) is 0 Å². The number of rotatable bonds is 4. The zero-order chi connectivity index (χ0) is 12.1. The molecule has 1 atom stereocenters. The predicted octanol–water partition coefficient (Wildman–Crippen LogP) is 2.94. The molecule has 0 radical (unpaired) electrons. The Balaban J connectivity index is 1.96. The van der Waals surface area contributed by atoms with E-state index in [0.717, 1.165) is 18.5 Å². The van der Waals surface area contributed by atoms with Crippen molar-refractivity contribution in [3.8, 4) is 5.75 Å². The first-order chi connectivity index (χ1) is 8.29. The first-order valence-electron chi connectivity index (χ1n) is 5.67. The van der Waals surface area contributed by atoms with Crippen molar-refractivity contribution in [1.82, 2.24) is 0 Å². The van der Waals surface area contributed by atoms with Crippen molar-refractivity contribution >= 4 is 5.69 Å². The van der Waals surface area contributed by atoms with E-state index in [2.05, 4.69) is 5.32 Å². The SMILES string of the molecule is COc1cc(F)ccc1NCC1CCC=CO1. The topological polar surface area (TPSA) is 30.5 Å². The Hall–Kier alpha value is -1.71. The Kier molecular flexibility index (Phi) is 3.85. The van der Waals surface area contributed by atoms with Gasteiger partial charge >= 0.3 is 0 Å². The summed E-state index contributed by atoms with van der Waals surface area (Å²) in [5.41, 5.74) is 0.784. The molecule has 1 N–H and O–H groups in total. The maximum atomic E-state index is 13.0. The standard InChI is InChI=1S/C13H16FNO2/c1-16-13-8-10(14)5-6-12(13)15-9-11-4-2-3-7-17-11/h3,5-8,11,15H,2,4,9H2,1H3. The van der Waals surface area contributed by atoms with Gasteiger partial charge in [0.05, 0.1) is 25.6 Å². The van der Waals surface area contributed by atoms with E-state index in [9.17, 15) is 4.39 Å². The van der Waals surface area contributed by atoms with Crippen LogP contribution in [-0.4, -0.2) is 19.8 Å². The molecule has 1 aromatic carbocycles. The lowest BCUT2D eigenvalue weighted by Gasteiger charge is -2.21. The highest BCUT2D eigenvalue weighted by molar-refractivity contribution is 5.56. The zero-order valence-corrected chi connectivity index (χ0v) is 9.78. The van der Waals surface area contributed by atoms with Crippen molar-refractivity contribution in [2.75, 3.05) is 19.0 Å². The van der Waals surface area contributed by atoms with Crippen LogP contribution in [0, 0.1) is 5.82 Å². The molecule has 0 fully saturated rings. The van der Waals surface area contributed by atoms with Crippen LogP contribution in [0.15, 0.2) is 30.5 Å². The van der Waals surface area contributed by atoms with Crippen LogP contribution in [0.1, 0.15) is 12.8 Å². The molecule has 3 nitrogen and oxygen atoms in total. The summed E-state index contributed by atoms with van der Waals surface area (Å²) in [5, 5.41) is 3.21. The number of benzene rings is 1. The third kappa shape index (κ3) is 3.12. The number of nitrogens with one attached hydrogen (secondary N) is 1. The van der Waals surface area contributed by atoms with Crippen LogP contribution in [0.5, 0.6) is 5.75 Å². The van der Waals surface area contributed by atoms with Crippen LogP contribution in [-0.2, 0) is 4.74 Å². The second-order valence-corrected chi connectivity index (χ2v) is 3.93. The Morgan fingerprint density at radius 2 is 2.41 bits per heavy atom. The molecule has 1 aliphatic rings. The summed E-state index contributed by atoms with van der Waals surface area (Å²) >= 11 is 0. The minimum Gasteiger partial charge on any atom is -0.497 e. The molecule has 0 saturated carbocycles. The van der Waals surface area contributed by atoms with E-state index < -0.39 is 0 Å². The van der Waals surface area contributed by atoms with Gasteiger partial charge in [-0.25, -0.2) is 4.39 Å². The lowest BCUT2D eigenvalue weighted by atomic mass is 10.1. The summed E-state index contributed by atoms with van der Waals surface area (Å²) in [5.74, 6) is 0.209. The highest BCUT2D eigenvalue weighted by atomic mass is 19.1. The molecular formula is C13H16FNO2. The van der Waals surface area contributed by atoms with Crippen LogP contribution in [0.2, 0.25) is 0 Å². The van der Waals surface area contributed by atoms with Gasteiger partial charge in [-0.1, -0.05) is 0 Å². The van der Waals surface area contributed by atoms with Gasteiger partial charge < -0.3 is 14.8 Å². The molecule has 0 spiro atoms. The highest BCUT2D eigenvalue weighted by Crippen LogP contribution is 2.25. The van der Waals surface area contributed by atoms with Crippen LogP contribution in [0.25, 0.3) is 0 Å². The number of hydrogen-bond acceptors (Lipinski definition) is 3. The molecule has 92 valence electrons. The molecule has 0 aliphatic carbocycles. The van der Waals surface area contributed by atoms with Gasteiger partial charge in [0.15, 0.2) is 0 Å². The van der Waals surface area contributed by atoms with E-state index in [0.29, 0.717) is 12.3 Å². The summed E-state index contributed by atoms with van der Waals surface area (Å²) in [6, 6.07) is 4.45. The molecule has 17 heavy (non-hydrogen) atoms. The van der Waals surface area contributed by atoms with Gasteiger partial charge in [-0.05, 0) is 31.1 Å². The molecule has 0 saturated heterocycles. The maximum absolute atomic E-state index is 13.0. The average Bonchev–Trinajstić information content (AvgIpc) is 2.38. The molecular weight excluding hydrogens is 221 g/mol. The molecule has 1 aliphatic heterocycles. The summed E-state index contributed by atoms with van der Waals surface area (Å²) < 4.78 is 23.5. The number of hydrogen-bond donors (Lipinski definition) is 1. The molecule has 0 amide bonds. The van der Waals surface area contributed by atoms with Gasteiger partial charge in [0.1, 0.15) is 17.7 Å². The largest absolute Gasteiger partial charge is 0.497 e. The summed E-state index contributed by atoms with van der Waals surface area (Å²) in [6.45, 7) is 0.687. The quantitative estimate of drug-likeness (QED) is 0.873. The fourth-order valence-electron chi connectivity index (χ4n) is 1.77. The second kappa shape index (κ2) is 5.57. The fourth-order valence-corrected chi connectivity index (χ4v) is 1.77. The third-order valence-electron chi connectivity index (χ3n) is 2.71. The summed E-state index contributed by atoms with van der Waals surface area (Å²) in [6.07, 6.45) is 5.93. The Morgan fingerprint density at radius 1 is 1.53 bits per heavy atom. The number of halogens is 1. The first kappa shape index (κ1) is 11.8. The normalized spacial score (nSPS) is 18.6. The Bertz CT molecular complexity index is 406. The molecule has 0 aromatic heterocycles. The van der Waals surface area contributed by atoms with Crippen LogP contribution in [0.4, 0.5) is 10.1 Å². The lowest BCUT2D eigenvalue weighted by Crippen LogP contribution is -2.23. The first-order valence-corrected chi connectivity index (χ1v) is 5.67. The molecule has 1 aromatic rings. The Labute approximate surface area is 100 Å². The van der Waals surface area contributed by atoms with Crippen molar-refractivity contribution < 1.29 is 13.9 Å². The van der Waals surface area contributed by atoms with Crippen LogP contribution >= 0.6 is 0 Å². The van der Waals surface area contributed by atoms with Gasteiger partial charge in [0.2, 0.25) is 0 Å². The van der Waals surface area contributed by atoms with E-state index >= 15 is 0 Å². The summed E-state index contributed by atoms with van der Waals surface area (Å²) in [4.78, 5) is 0. The average molecular weight is 237 g/mol. The van der Waals surface area contributed by atoms with Crippen LogP contribution < -0.4 is 10.1 Å². The number of allylic oxidation sites excluding steroid dienone is 1. The van der Waals surface area contributed by atoms with Crippen molar-refractivity contribution in [3.05, 3.63) is 36.4 Å². The van der Waals surface area contributed by atoms with Crippen molar-refractivity contribution in [2.45, 2.75) is 18.9 Å². The number of ether oxygens (including phenoxy) is 2. The van der Waals surface area contributed by atoms with Gasteiger partial charge in [-0.3, -0.25) is 0 Å². The Morgan fingerprint density at radius 3 is 3.12 bits per heavy atom. The molecule has 0 bridgehead atoms. The number of anilines is 1. The van der Waals surface area contributed by atoms with Gasteiger partial charge in [-0.2, -0.15) is 0 Å². The minimum atomic E-state index is -0.302. The van der Waals surface area contributed by atoms with Crippen molar-refractivity contribution in [2.24, 2.45) is 0 Å². The zero-order valence-electron chi connectivity index (χ0n) is 9.78. The number of methoxy groups -OCH3 is 1. The molecule has 4 heteroatoms. The smallest absolute Gasteiger partial charge is 0.144 e. The van der Waals surface area contributed by atoms with E-state index in [-0.39, 0.29) is 11.9 Å². The maximum Gasteiger partial charge on any atom is 0.144 e. The van der Waals surface area contributed by atoms with E-state index in [1.165, 1.54) is 19.2 Å². The van der Waals surface area contributed by atoms with Crippen LogP contribution in [0.3, 0.4) is 0 Å². The predicted molar refractivity (Wildman–Crippen MR) is 64.7 cm³/mol. The lowest BCUT2D eigenvalue weighted by molar-refractivity contribution is 0.135. The summed E-state index contributed by atoms with van der Waals surface area (Å²) in [7, 11) is 1.53. The third-order valence-corrected chi connectivity index (χ3v) is 2.71. The van der Waals surface area contributed by atoms with Crippen molar-refractivity contribution in [1.29, 1.82) is 0 Å². The highest BCUT2D eigenvalue weighted by Gasteiger charge is 2.12. The monoisotopic (exact) mass is 237 g/mol. The van der Waals surface area contributed by atoms with E-state index in [1.807, 2.05) is 6.08 Å². The van der Waals surface area contributed by atoms with Gasteiger partial charge in [0.25, 0.3) is 0 Å². The minimum absolute atomic E-state index is 0.162. The van der Waals surface area contributed by atoms with Gasteiger partial charge in [0, 0.05) is 6.07 Å². The molecule has 1 heterocycles. The van der Waals surface area contributed by atoms with Crippen molar-refractivity contribution in [3.63, 3.8) is 0 Å². The second-order valence-electron chi connectivity index (χ2n) is 3.93. The van der Waals surface area contributed by atoms with E-state index in [1.54, 1.807) is 12.3 Å².